The second-order valence-electron chi connectivity index (χ2n) is 12.6. The molecular weight excluding hydrogens is 744 g/mol. The number of hydrogen-bond acceptors (Lipinski definition) is 12. The van der Waals surface area contributed by atoms with Gasteiger partial charge in [0.05, 0.1) is 33.4 Å². The SMILES string of the molecule is CC(=O)OCc1c(O)c(C(=O)c2ccccc2)cc(C(=O)c2ccccc2)c1O.CC(=O)OCc1c(O)c(C(=O)c2ccccc2)cc(C(=O)c2ccccc2)c1O. The number of rotatable bonds is 12. The third-order valence-corrected chi connectivity index (χ3v) is 8.70. The summed E-state index contributed by atoms with van der Waals surface area (Å²) in [6.45, 7) is 1.36. The summed E-state index contributed by atoms with van der Waals surface area (Å²) in [5.74, 6) is -5.57. The molecule has 0 spiro atoms. The molecule has 12 heteroatoms. The van der Waals surface area contributed by atoms with E-state index in [9.17, 15) is 49.2 Å². The van der Waals surface area contributed by atoms with Crippen LogP contribution in [-0.4, -0.2) is 55.5 Å². The van der Waals surface area contributed by atoms with Gasteiger partial charge in [-0.05, 0) is 12.1 Å². The number of hydrogen-bond donors (Lipinski definition) is 4. The Balaban J connectivity index is 0.000000221. The predicted octanol–water partition coefficient (Wildman–Crippen LogP) is 7.25. The highest BCUT2D eigenvalue weighted by Crippen LogP contribution is 2.39. The lowest BCUT2D eigenvalue weighted by Crippen LogP contribution is -2.10. The Morgan fingerprint density at radius 1 is 0.379 bits per heavy atom. The molecule has 0 saturated carbocycles. The summed E-state index contributed by atoms with van der Waals surface area (Å²) >= 11 is 0. The smallest absolute Gasteiger partial charge is 0.302 e. The first-order valence-corrected chi connectivity index (χ1v) is 17.6. The molecule has 0 aliphatic heterocycles. The maximum Gasteiger partial charge on any atom is 0.302 e. The zero-order valence-electron chi connectivity index (χ0n) is 31.2. The van der Waals surface area contributed by atoms with Crippen molar-refractivity contribution in [1.82, 2.24) is 0 Å². The average molecular weight is 781 g/mol. The summed E-state index contributed by atoms with van der Waals surface area (Å²) in [7, 11) is 0. The zero-order chi connectivity index (χ0) is 41.9. The van der Waals surface area contributed by atoms with Gasteiger partial charge in [-0.15, -0.1) is 0 Å². The summed E-state index contributed by atoms with van der Waals surface area (Å²) in [5, 5.41) is 42.4. The normalized spacial score (nSPS) is 10.4. The van der Waals surface area contributed by atoms with Crippen LogP contribution in [0.2, 0.25) is 0 Å². The third-order valence-electron chi connectivity index (χ3n) is 8.70. The van der Waals surface area contributed by atoms with Crippen LogP contribution in [0.1, 0.15) is 88.7 Å². The quantitative estimate of drug-likeness (QED) is 0.0717. The number of ether oxygens (including phenoxy) is 2. The van der Waals surface area contributed by atoms with Crippen LogP contribution in [0, 0.1) is 0 Å². The Morgan fingerprint density at radius 3 is 0.776 bits per heavy atom. The van der Waals surface area contributed by atoms with Gasteiger partial charge in [-0.2, -0.15) is 0 Å². The van der Waals surface area contributed by atoms with Crippen molar-refractivity contribution < 1.29 is 58.7 Å². The van der Waals surface area contributed by atoms with E-state index in [0.717, 1.165) is 12.1 Å². The van der Waals surface area contributed by atoms with Crippen LogP contribution < -0.4 is 0 Å². The van der Waals surface area contributed by atoms with E-state index in [4.69, 9.17) is 9.47 Å². The fourth-order valence-electron chi connectivity index (χ4n) is 5.73. The first-order valence-electron chi connectivity index (χ1n) is 17.6. The van der Waals surface area contributed by atoms with E-state index in [2.05, 4.69) is 0 Å². The summed E-state index contributed by atoms with van der Waals surface area (Å²) in [4.78, 5) is 74.1. The Morgan fingerprint density at radius 2 is 0.586 bits per heavy atom. The lowest BCUT2D eigenvalue weighted by molar-refractivity contribution is -0.143. The molecule has 292 valence electrons. The molecule has 0 fully saturated rings. The van der Waals surface area contributed by atoms with Gasteiger partial charge in [0.2, 0.25) is 0 Å². The van der Waals surface area contributed by atoms with Gasteiger partial charge in [0.15, 0.2) is 23.1 Å². The summed E-state index contributed by atoms with van der Waals surface area (Å²) < 4.78 is 9.78. The minimum absolute atomic E-state index is 0.171. The molecule has 4 N–H and O–H groups in total. The highest BCUT2D eigenvalue weighted by Gasteiger charge is 2.28. The first-order chi connectivity index (χ1) is 27.8. The number of benzene rings is 6. The first kappa shape index (κ1) is 41.3. The molecule has 6 aromatic rings. The van der Waals surface area contributed by atoms with Gasteiger partial charge in [0.25, 0.3) is 0 Å². The minimum atomic E-state index is -0.639. The highest BCUT2D eigenvalue weighted by molar-refractivity contribution is 6.17. The zero-order valence-corrected chi connectivity index (χ0v) is 31.2. The van der Waals surface area contributed by atoms with Crippen LogP contribution in [0.5, 0.6) is 23.0 Å². The molecule has 6 rings (SSSR count). The van der Waals surface area contributed by atoms with Crippen LogP contribution in [0.15, 0.2) is 133 Å². The van der Waals surface area contributed by atoms with Gasteiger partial charge in [0, 0.05) is 36.1 Å². The second-order valence-corrected chi connectivity index (χ2v) is 12.6. The molecule has 0 atom stereocenters. The highest BCUT2D eigenvalue weighted by atomic mass is 16.5. The molecule has 6 aromatic carbocycles. The van der Waals surface area contributed by atoms with E-state index in [0.29, 0.717) is 22.3 Å². The number of carbonyl (C=O) groups excluding carboxylic acids is 6. The van der Waals surface area contributed by atoms with Crippen LogP contribution in [0.4, 0.5) is 0 Å². The largest absolute Gasteiger partial charge is 0.507 e. The van der Waals surface area contributed by atoms with Crippen molar-refractivity contribution in [2.24, 2.45) is 0 Å². The van der Waals surface area contributed by atoms with Crippen LogP contribution in [-0.2, 0) is 32.3 Å². The maximum absolute atomic E-state index is 12.9. The molecule has 0 bridgehead atoms. The fourth-order valence-corrected chi connectivity index (χ4v) is 5.73. The lowest BCUT2D eigenvalue weighted by Gasteiger charge is -2.15. The average Bonchev–Trinajstić information content (AvgIpc) is 3.24. The van der Waals surface area contributed by atoms with Crippen molar-refractivity contribution in [1.29, 1.82) is 0 Å². The van der Waals surface area contributed by atoms with Gasteiger partial charge in [-0.3, -0.25) is 28.8 Å². The van der Waals surface area contributed by atoms with Gasteiger partial charge < -0.3 is 29.9 Å². The number of esters is 2. The summed E-state index contributed by atoms with van der Waals surface area (Å²) in [6, 6.07) is 35.2. The predicted molar refractivity (Wildman–Crippen MR) is 210 cm³/mol. The number of phenolic OH excluding ortho intramolecular Hbond substituents is 4. The topological polar surface area (TPSA) is 202 Å². The molecule has 0 aliphatic carbocycles. The molecule has 0 amide bonds. The summed E-state index contributed by atoms with van der Waals surface area (Å²) in [5.41, 5.74) is 0.0874. The van der Waals surface area contributed by atoms with Crippen LogP contribution >= 0.6 is 0 Å². The van der Waals surface area contributed by atoms with E-state index in [1.807, 2.05) is 0 Å². The summed E-state index contributed by atoms with van der Waals surface area (Å²) in [6.07, 6.45) is 0. The Labute approximate surface area is 332 Å². The van der Waals surface area contributed by atoms with Gasteiger partial charge in [0.1, 0.15) is 36.2 Å². The fraction of sp³-hybridized carbons (Fsp3) is 0.0870. The number of phenols is 4. The molecule has 0 aliphatic rings. The molecule has 0 heterocycles. The van der Waals surface area contributed by atoms with Crippen molar-refractivity contribution >= 4 is 35.1 Å². The molecule has 0 radical (unpaired) electrons. The molecule has 0 aromatic heterocycles. The number of carbonyl (C=O) groups is 6. The third kappa shape index (κ3) is 9.50. The molecule has 12 nitrogen and oxygen atoms in total. The standard InChI is InChI=1S/2C23H18O6/c2*1-14(24)29-13-19-22(27)17(20(25)15-8-4-2-5-9-15)12-18(23(19)28)21(26)16-10-6-3-7-11-16/h2*2-12,27-28H,13H2,1H3. The maximum atomic E-state index is 12.9. The van der Waals surface area contributed by atoms with Crippen LogP contribution in [0.25, 0.3) is 0 Å². The van der Waals surface area contributed by atoms with E-state index in [1.165, 1.54) is 13.8 Å². The molecule has 0 saturated heterocycles. The van der Waals surface area contributed by atoms with Gasteiger partial charge in [-0.25, -0.2) is 0 Å². The molecule has 58 heavy (non-hydrogen) atoms. The minimum Gasteiger partial charge on any atom is -0.507 e. The second kappa shape index (κ2) is 18.7. The van der Waals surface area contributed by atoms with Crippen molar-refractivity contribution in [3.63, 3.8) is 0 Å². The molecule has 0 unspecified atom stereocenters. The van der Waals surface area contributed by atoms with Gasteiger partial charge in [-0.1, -0.05) is 121 Å². The number of aromatic hydroxyl groups is 4. The Bertz CT molecular complexity index is 2170. The Kier molecular flexibility index (Phi) is 13.3. The monoisotopic (exact) mass is 780 g/mol. The lowest BCUT2D eigenvalue weighted by atomic mass is 9.93. The van der Waals surface area contributed by atoms with E-state index in [-0.39, 0.29) is 33.4 Å². The van der Waals surface area contributed by atoms with Gasteiger partial charge >= 0.3 is 11.9 Å². The van der Waals surface area contributed by atoms with Crippen molar-refractivity contribution in [2.45, 2.75) is 27.1 Å². The van der Waals surface area contributed by atoms with Crippen molar-refractivity contribution in [3.05, 3.63) is 189 Å². The van der Waals surface area contributed by atoms with E-state index in [1.54, 1.807) is 121 Å². The van der Waals surface area contributed by atoms with Crippen LogP contribution in [0.3, 0.4) is 0 Å². The van der Waals surface area contributed by atoms with Crippen molar-refractivity contribution in [3.8, 4) is 23.0 Å². The number of ketones is 4. The Hall–Kier alpha value is -7.86. The molecular formula is C46H36O12. The van der Waals surface area contributed by atoms with E-state index < -0.39 is 71.3 Å². The van der Waals surface area contributed by atoms with E-state index >= 15 is 0 Å². The van der Waals surface area contributed by atoms with Crippen molar-refractivity contribution in [2.75, 3.05) is 0 Å².